The summed E-state index contributed by atoms with van der Waals surface area (Å²) in [7, 11) is -2.05. The highest BCUT2D eigenvalue weighted by Gasteiger charge is 2.11. The minimum atomic E-state index is -3.33. The van der Waals surface area contributed by atoms with Crippen LogP contribution in [0.3, 0.4) is 0 Å². The van der Waals surface area contributed by atoms with Gasteiger partial charge >= 0.3 is 5.97 Å². The highest BCUT2D eigenvalue weighted by Crippen LogP contribution is 2.02. The van der Waals surface area contributed by atoms with Gasteiger partial charge in [0.15, 0.2) is 0 Å². The molecule has 0 bridgehead atoms. The van der Waals surface area contributed by atoms with Gasteiger partial charge in [-0.15, -0.1) is 0 Å². The summed E-state index contributed by atoms with van der Waals surface area (Å²) in [5.41, 5.74) is 2.02. The number of methoxy groups -OCH3 is 1. The van der Waals surface area contributed by atoms with Crippen molar-refractivity contribution in [2.75, 3.05) is 19.4 Å². The number of nitrogens with zero attached hydrogens (tertiary/aromatic N) is 2. The largest absolute Gasteiger partial charge is 0.469 e. The van der Waals surface area contributed by atoms with E-state index < -0.39 is 16.0 Å². The van der Waals surface area contributed by atoms with Gasteiger partial charge in [-0.1, -0.05) is 0 Å². The zero-order valence-corrected chi connectivity index (χ0v) is 13.6. The van der Waals surface area contributed by atoms with Crippen LogP contribution in [-0.4, -0.2) is 43.6 Å². The van der Waals surface area contributed by atoms with Crippen molar-refractivity contribution < 1.29 is 17.9 Å². The average molecular weight is 317 g/mol. The van der Waals surface area contributed by atoms with Crippen molar-refractivity contribution in [1.82, 2.24) is 14.5 Å². The van der Waals surface area contributed by atoms with E-state index in [1.54, 1.807) is 0 Å². The van der Waals surface area contributed by atoms with Crippen LogP contribution in [0.2, 0.25) is 0 Å². The van der Waals surface area contributed by atoms with Gasteiger partial charge < -0.3 is 4.74 Å². The Morgan fingerprint density at radius 3 is 2.67 bits per heavy atom. The molecule has 0 saturated heterocycles. The summed E-state index contributed by atoms with van der Waals surface area (Å²) in [6, 6.07) is 1.98. The number of sulfonamides is 1. The van der Waals surface area contributed by atoms with Gasteiger partial charge in [-0.3, -0.25) is 9.48 Å². The Labute approximate surface area is 125 Å². The van der Waals surface area contributed by atoms with Crippen molar-refractivity contribution in [1.29, 1.82) is 0 Å². The maximum absolute atomic E-state index is 11.7. The van der Waals surface area contributed by atoms with Crippen molar-refractivity contribution in [3.8, 4) is 0 Å². The fraction of sp³-hybridized carbons (Fsp3) is 0.692. The van der Waals surface area contributed by atoms with Crippen LogP contribution >= 0.6 is 0 Å². The number of hydrogen-bond donors (Lipinski definition) is 1. The first-order chi connectivity index (χ1) is 9.84. The van der Waals surface area contributed by atoms with Gasteiger partial charge in [0.2, 0.25) is 10.0 Å². The number of hydrogen-bond acceptors (Lipinski definition) is 5. The summed E-state index contributed by atoms with van der Waals surface area (Å²) in [5.74, 6) is -0.461. The Kier molecular flexibility index (Phi) is 6.83. The van der Waals surface area contributed by atoms with Gasteiger partial charge in [0.05, 0.1) is 18.6 Å². The first-order valence-electron chi connectivity index (χ1n) is 6.89. The van der Waals surface area contributed by atoms with Crippen molar-refractivity contribution in [3.63, 3.8) is 0 Å². The van der Waals surface area contributed by atoms with Gasteiger partial charge in [0.1, 0.15) is 0 Å². The van der Waals surface area contributed by atoms with Gasteiger partial charge in [-0.25, -0.2) is 13.1 Å². The summed E-state index contributed by atoms with van der Waals surface area (Å²) in [6.07, 6.45) is 1.04. The fourth-order valence-electron chi connectivity index (χ4n) is 1.94. The Morgan fingerprint density at radius 2 is 2.10 bits per heavy atom. The SMILES string of the molecule is COC(=O)CCCS(=O)(=O)NCCCn1nc(C)cc1C. The lowest BCUT2D eigenvalue weighted by Crippen LogP contribution is -2.28. The molecular weight excluding hydrogens is 294 g/mol. The molecule has 0 amide bonds. The van der Waals surface area contributed by atoms with E-state index in [1.165, 1.54) is 7.11 Å². The second-order valence-electron chi connectivity index (χ2n) is 4.90. The molecule has 0 unspecified atom stereocenters. The molecule has 0 saturated carbocycles. The van der Waals surface area contributed by atoms with Gasteiger partial charge in [-0.05, 0) is 32.8 Å². The molecule has 1 aromatic heterocycles. The highest BCUT2D eigenvalue weighted by molar-refractivity contribution is 7.89. The Bertz CT molecular complexity index is 566. The topological polar surface area (TPSA) is 90.3 Å². The number of carbonyl (C=O) groups is 1. The highest BCUT2D eigenvalue weighted by atomic mass is 32.2. The minimum Gasteiger partial charge on any atom is -0.469 e. The number of carbonyl (C=O) groups excluding carboxylic acids is 1. The molecule has 0 fully saturated rings. The minimum absolute atomic E-state index is 0.0675. The Balaban J connectivity index is 2.24. The molecular formula is C13H23N3O4S. The summed E-state index contributed by atoms with van der Waals surface area (Å²) >= 11 is 0. The summed E-state index contributed by atoms with van der Waals surface area (Å²) < 4.78 is 32.2. The lowest BCUT2D eigenvalue weighted by atomic mass is 10.3. The molecule has 7 nitrogen and oxygen atoms in total. The quantitative estimate of drug-likeness (QED) is 0.536. The van der Waals surface area contributed by atoms with Crippen LogP contribution in [0.25, 0.3) is 0 Å². The normalized spacial score (nSPS) is 11.6. The number of nitrogens with one attached hydrogen (secondary N) is 1. The molecule has 0 aliphatic rings. The first kappa shape index (κ1) is 17.6. The van der Waals surface area contributed by atoms with E-state index >= 15 is 0 Å². The van der Waals surface area contributed by atoms with Crippen LogP contribution in [0.4, 0.5) is 0 Å². The number of aromatic nitrogens is 2. The monoisotopic (exact) mass is 317 g/mol. The van der Waals surface area contributed by atoms with Crippen molar-refractivity contribution in [2.45, 2.75) is 39.7 Å². The van der Waals surface area contributed by atoms with Crippen LogP contribution in [0, 0.1) is 13.8 Å². The number of esters is 1. The third kappa shape index (κ3) is 6.72. The molecule has 0 atom stereocenters. The van der Waals surface area contributed by atoms with Crippen molar-refractivity contribution in [3.05, 3.63) is 17.5 Å². The third-order valence-corrected chi connectivity index (χ3v) is 4.46. The second-order valence-corrected chi connectivity index (χ2v) is 6.82. The van der Waals surface area contributed by atoms with E-state index in [4.69, 9.17) is 0 Å². The van der Waals surface area contributed by atoms with E-state index in [1.807, 2.05) is 24.6 Å². The first-order valence-corrected chi connectivity index (χ1v) is 8.54. The van der Waals surface area contributed by atoms with E-state index in [-0.39, 0.29) is 18.6 Å². The zero-order valence-electron chi connectivity index (χ0n) is 12.8. The number of aryl methyl sites for hydroxylation is 3. The van der Waals surface area contributed by atoms with Crippen molar-refractivity contribution >= 4 is 16.0 Å². The number of ether oxygens (including phenoxy) is 1. The molecule has 1 N–H and O–H groups in total. The maximum Gasteiger partial charge on any atom is 0.305 e. The van der Waals surface area contributed by atoms with Gasteiger partial charge in [0.25, 0.3) is 0 Å². The van der Waals surface area contributed by atoms with E-state index in [0.717, 1.165) is 11.4 Å². The van der Waals surface area contributed by atoms with Crippen LogP contribution in [0.5, 0.6) is 0 Å². The predicted molar refractivity (Wildman–Crippen MR) is 79.4 cm³/mol. The van der Waals surface area contributed by atoms with E-state index in [9.17, 15) is 13.2 Å². The predicted octanol–water partition coefficient (Wildman–Crippen LogP) is 0.763. The molecule has 0 spiro atoms. The molecule has 1 aromatic rings. The third-order valence-electron chi connectivity index (χ3n) is 2.99. The zero-order chi connectivity index (χ0) is 15.9. The summed E-state index contributed by atoms with van der Waals surface area (Å²) in [5, 5.41) is 4.31. The number of rotatable bonds is 9. The average Bonchev–Trinajstić information content (AvgIpc) is 2.72. The maximum atomic E-state index is 11.7. The second kappa shape index (κ2) is 8.14. The lowest BCUT2D eigenvalue weighted by molar-refractivity contribution is -0.140. The molecule has 120 valence electrons. The lowest BCUT2D eigenvalue weighted by Gasteiger charge is -2.07. The van der Waals surface area contributed by atoms with Crippen LogP contribution in [-0.2, 0) is 26.1 Å². The van der Waals surface area contributed by atoms with Gasteiger partial charge in [-0.2, -0.15) is 5.10 Å². The van der Waals surface area contributed by atoms with E-state index in [2.05, 4.69) is 14.6 Å². The fourth-order valence-corrected chi connectivity index (χ4v) is 3.06. The summed E-state index contributed by atoms with van der Waals surface area (Å²) in [4.78, 5) is 10.9. The Hall–Kier alpha value is -1.41. The Morgan fingerprint density at radius 1 is 1.38 bits per heavy atom. The van der Waals surface area contributed by atoms with Crippen LogP contribution in [0.1, 0.15) is 30.7 Å². The molecule has 21 heavy (non-hydrogen) atoms. The molecule has 8 heteroatoms. The molecule has 0 aliphatic heterocycles. The molecule has 0 aromatic carbocycles. The van der Waals surface area contributed by atoms with Crippen LogP contribution < -0.4 is 4.72 Å². The van der Waals surface area contributed by atoms with Crippen LogP contribution in [0.15, 0.2) is 6.07 Å². The smallest absolute Gasteiger partial charge is 0.305 e. The molecule has 0 aliphatic carbocycles. The van der Waals surface area contributed by atoms with E-state index in [0.29, 0.717) is 19.5 Å². The van der Waals surface area contributed by atoms with Gasteiger partial charge in [0, 0.05) is 25.2 Å². The molecule has 1 heterocycles. The summed E-state index contributed by atoms with van der Waals surface area (Å²) in [6.45, 7) is 4.92. The molecule has 0 radical (unpaired) electrons. The standard InChI is InChI=1S/C13H23N3O4S/c1-11-10-12(2)16(15-11)8-5-7-14-21(18,19)9-4-6-13(17)20-3/h10,14H,4-9H2,1-3H3. The molecule has 1 rings (SSSR count). The van der Waals surface area contributed by atoms with Crippen molar-refractivity contribution in [2.24, 2.45) is 0 Å².